The highest BCUT2D eigenvalue weighted by Crippen LogP contribution is 2.18. The van der Waals surface area contributed by atoms with Crippen LogP contribution in [0.4, 0.5) is 8.78 Å². The molecule has 136 valence electrons. The molecule has 0 aliphatic heterocycles. The number of Topliss-reactive ketones (excluding diaryl/α,β-unsaturated/α-hetero) is 1. The summed E-state index contributed by atoms with van der Waals surface area (Å²) in [5.74, 6) is -3.77. The van der Waals surface area contributed by atoms with Crippen molar-refractivity contribution >= 4 is 17.7 Å². The van der Waals surface area contributed by atoms with Gasteiger partial charge in [-0.15, -0.1) is 0 Å². The molecule has 0 saturated carbocycles. The van der Waals surface area contributed by atoms with Crippen LogP contribution in [0.15, 0.2) is 42.5 Å². The number of halogens is 2. The van der Waals surface area contributed by atoms with Crippen LogP contribution >= 0.6 is 0 Å². The largest absolute Gasteiger partial charge is 0.494 e. The lowest BCUT2D eigenvalue weighted by molar-refractivity contribution is -0.141. The van der Waals surface area contributed by atoms with E-state index in [0.29, 0.717) is 0 Å². The fraction of sp³-hybridized carbons (Fsp3) is 0.167. The number of nitrogens with one attached hydrogen (secondary N) is 1. The lowest BCUT2D eigenvalue weighted by atomic mass is 10.1. The molecule has 1 amide bonds. The second-order valence-electron chi connectivity index (χ2n) is 5.10. The van der Waals surface area contributed by atoms with E-state index in [1.807, 2.05) is 0 Å². The summed E-state index contributed by atoms with van der Waals surface area (Å²) in [5, 5.41) is 2.19. The monoisotopic (exact) mass is 363 g/mol. The van der Waals surface area contributed by atoms with Crippen molar-refractivity contribution in [3.05, 3.63) is 65.2 Å². The Kier molecular flexibility index (Phi) is 6.37. The highest BCUT2D eigenvalue weighted by atomic mass is 19.1. The van der Waals surface area contributed by atoms with Crippen molar-refractivity contribution in [1.82, 2.24) is 5.32 Å². The lowest BCUT2D eigenvalue weighted by Crippen LogP contribution is -2.32. The number of esters is 1. The zero-order chi connectivity index (χ0) is 19.1. The van der Waals surface area contributed by atoms with Crippen LogP contribution in [0.3, 0.4) is 0 Å². The number of carbonyl (C=O) groups is 3. The summed E-state index contributed by atoms with van der Waals surface area (Å²) in [7, 11) is 1.29. The molecule has 26 heavy (non-hydrogen) atoms. The van der Waals surface area contributed by atoms with Crippen molar-refractivity contribution < 1.29 is 32.6 Å². The smallest absolute Gasteiger partial charge is 0.325 e. The van der Waals surface area contributed by atoms with Crippen molar-refractivity contribution in [2.75, 3.05) is 20.3 Å². The average molecular weight is 363 g/mol. The summed E-state index contributed by atoms with van der Waals surface area (Å²) in [6.45, 7) is -1.17. The molecule has 8 heteroatoms. The highest BCUT2D eigenvalue weighted by molar-refractivity contribution is 5.99. The molecule has 0 aliphatic carbocycles. The number of rotatable bonds is 7. The number of ketones is 1. The molecule has 6 nitrogen and oxygen atoms in total. The van der Waals surface area contributed by atoms with Crippen LogP contribution in [0.2, 0.25) is 0 Å². The van der Waals surface area contributed by atoms with E-state index in [2.05, 4.69) is 5.32 Å². The molecule has 0 aromatic heterocycles. The fourth-order valence-corrected chi connectivity index (χ4v) is 2.01. The molecule has 0 radical (unpaired) electrons. The van der Waals surface area contributed by atoms with Gasteiger partial charge >= 0.3 is 5.97 Å². The van der Waals surface area contributed by atoms with Gasteiger partial charge in [0.1, 0.15) is 12.4 Å². The van der Waals surface area contributed by atoms with Gasteiger partial charge in [-0.25, -0.2) is 8.78 Å². The molecule has 2 aromatic rings. The predicted octanol–water partition coefficient (Wildman–Crippen LogP) is 2.13. The molecule has 1 N–H and O–H groups in total. The van der Waals surface area contributed by atoms with Crippen molar-refractivity contribution in [2.24, 2.45) is 0 Å². The van der Waals surface area contributed by atoms with E-state index in [1.54, 1.807) is 0 Å². The zero-order valence-corrected chi connectivity index (χ0v) is 13.8. The predicted molar refractivity (Wildman–Crippen MR) is 87.0 cm³/mol. The first-order valence-electron chi connectivity index (χ1n) is 7.47. The molecule has 2 rings (SSSR count). The van der Waals surface area contributed by atoms with Crippen LogP contribution in [0.5, 0.6) is 5.75 Å². The van der Waals surface area contributed by atoms with Gasteiger partial charge in [0.15, 0.2) is 24.0 Å². The molecule has 0 saturated heterocycles. The second-order valence-corrected chi connectivity index (χ2v) is 5.10. The van der Waals surface area contributed by atoms with Crippen LogP contribution in [0.1, 0.15) is 20.7 Å². The van der Waals surface area contributed by atoms with Crippen molar-refractivity contribution in [1.29, 1.82) is 0 Å². The molecule has 0 heterocycles. The molecule has 0 fully saturated rings. The highest BCUT2D eigenvalue weighted by Gasteiger charge is 2.15. The zero-order valence-electron chi connectivity index (χ0n) is 13.8. The van der Waals surface area contributed by atoms with E-state index in [1.165, 1.54) is 37.4 Å². The summed E-state index contributed by atoms with van der Waals surface area (Å²) in [6.07, 6.45) is 0. The standard InChI is InChI=1S/C18H15F2NO5/c1-25-16-7-6-11(8-14(16)20)15(22)10-26-17(23)9-21-18(24)12-4-2-3-5-13(12)19/h2-8H,9-10H2,1H3,(H,21,24). The Bertz CT molecular complexity index is 838. The van der Waals surface area contributed by atoms with E-state index in [9.17, 15) is 23.2 Å². The normalized spacial score (nSPS) is 10.1. The minimum Gasteiger partial charge on any atom is -0.494 e. The molecule has 0 aliphatic rings. The first kappa shape index (κ1) is 19.0. The number of ether oxygens (including phenoxy) is 2. The summed E-state index contributed by atoms with van der Waals surface area (Å²) in [5.41, 5.74) is -0.212. The van der Waals surface area contributed by atoms with Gasteiger partial charge < -0.3 is 14.8 Å². The maximum absolute atomic E-state index is 13.5. The maximum Gasteiger partial charge on any atom is 0.325 e. The Hall–Kier alpha value is -3.29. The summed E-state index contributed by atoms with van der Waals surface area (Å²) in [4.78, 5) is 35.2. The first-order valence-corrected chi connectivity index (χ1v) is 7.47. The Morgan fingerprint density at radius 1 is 1.04 bits per heavy atom. The van der Waals surface area contributed by atoms with Gasteiger partial charge in [0.2, 0.25) is 0 Å². The minimum atomic E-state index is -0.892. The Labute approximate surface area is 147 Å². The van der Waals surface area contributed by atoms with Gasteiger partial charge in [-0.05, 0) is 30.3 Å². The molecular formula is C18H15F2NO5. The minimum absolute atomic E-state index is 0.00601. The number of methoxy groups -OCH3 is 1. The van der Waals surface area contributed by atoms with Gasteiger partial charge in [0.05, 0.1) is 12.7 Å². The Morgan fingerprint density at radius 2 is 1.77 bits per heavy atom. The molecular weight excluding hydrogens is 348 g/mol. The number of amides is 1. The molecule has 0 bridgehead atoms. The van der Waals surface area contributed by atoms with E-state index in [4.69, 9.17) is 9.47 Å². The molecule has 0 spiro atoms. The summed E-state index contributed by atoms with van der Waals surface area (Å²) < 4.78 is 36.4. The summed E-state index contributed by atoms with van der Waals surface area (Å²) >= 11 is 0. The van der Waals surface area contributed by atoms with Crippen molar-refractivity contribution in [3.63, 3.8) is 0 Å². The first-order chi connectivity index (χ1) is 12.4. The van der Waals surface area contributed by atoms with Gasteiger partial charge in [-0.3, -0.25) is 14.4 Å². The topological polar surface area (TPSA) is 81.7 Å². The van der Waals surface area contributed by atoms with Crippen LogP contribution < -0.4 is 10.1 Å². The fourth-order valence-electron chi connectivity index (χ4n) is 2.01. The van der Waals surface area contributed by atoms with E-state index in [-0.39, 0.29) is 16.9 Å². The number of hydrogen-bond acceptors (Lipinski definition) is 5. The van der Waals surface area contributed by atoms with Crippen LogP contribution in [-0.4, -0.2) is 37.9 Å². The quantitative estimate of drug-likeness (QED) is 0.602. The van der Waals surface area contributed by atoms with Gasteiger partial charge in [-0.2, -0.15) is 0 Å². The molecule has 0 unspecified atom stereocenters. The van der Waals surface area contributed by atoms with Crippen LogP contribution in [-0.2, 0) is 9.53 Å². The average Bonchev–Trinajstić information content (AvgIpc) is 2.64. The number of carbonyl (C=O) groups excluding carboxylic acids is 3. The van der Waals surface area contributed by atoms with Crippen molar-refractivity contribution in [2.45, 2.75) is 0 Å². The Morgan fingerprint density at radius 3 is 2.42 bits per heavy atom. The van der Waals surface area contributed by atoms with Crippen molar-refractivity contribution in [3.8, 4) is 5.75 Å². The summed E-state index contributed by atoms with van der Waals surface area (Å²) in [6, 6.07) is 8.85. The molecule has 0 atom stereocenters. The maximum atomic E-state index is 13.5. The second kappa shape index (κ2) is 8.70. The SMILES string of the molecule is COc1ccc(C(=O)COC(=O)CNC(=O)c2ccccc2F)cc1F. The third-order valence-corrected chi connectivity index (χ3v) is 3.35. The number of benzene rings is 2. The third-order valence-electron chi connectivity index (χ3n) is 3.35. The van der Waals surface area contributed by atoms with Gasteiger partial charge in [0, 0.05) is 5.56 Å². The van der Waals surface area contributed by atoms with Crippen LogP contribution in [0, 0.1) is 11.6 Å². The molecule has 2 aromatic carbocycles. The van der Waals surface area contributed by atoms with Gasteiger partial charge in [-0.1, -0.05) is 12.1 Å². The lowest BCUT2D eigenvalue weighted by Gasteiger charge is -2.07. The van der Waals surface area contributed by atoms with E-state index < -0.39 is 42.4 Å². The Balaban J connectivity index is 1.83. The van der Waals surface area contributed by atoms with E-state index >= 15 is 0 Å². The van der Waals surface area contributed by atoms with Gasteiger partial charge in [0.25, 0.3) is 5.91 Å². The van der Waals surface area contributed by atoms with E-state index in [0.717, 1.165) is 12.1 Å². The third kappa shape index (κ3) is 4.85. The van der Waals surface area contributed by atoms with Crippen LogP contribution in [0.25, 0.3) is 0 Å². The number of hydrogen-bond donors (Lipinski definition) is 1.